The summed E-state index contributed by atoms with van der Waals surface area (Å²) in [6.45, 7) is 22.8. The van der Waals surface area contributed by atoms with Gasteiger partial charge >= 0.3 is 11.9 Å². The molecule has 0 bridgehead atoms. The van der Waals surface area contributed by atoms with Crippen LogP contribution in [0.15, 0.2) is 0 Å². The van der Waals surface area contributed by atoms with E-state index in [4.69, 9.17) is 9.47 Å². The molecule has 4 unspecified atom stereocenters. The Bertz CT molecular complexity index is 608. The lowest BCUT2D eigenvalue weighted by Gasteiger charge is -2.51. The zero-order valence-electron chi connectivity index (χ0n) is 22.2. The van der Waals surface area contributed by atoms with E-state index in [2.05, 4.69) is 55.4 Å². The van der Waals surface area contributed by atoms with E-state index in [-0.39, 0.29) is 33.6 Å². The highest BCUT2D eigenvalue weighted by Crippen LogP contribution is 2.54. The summed E-state index contributed by atoms with van der Waals surface area (Å²) in [6, 6.07) is 0. The predicted molar refractivity (Wildman–Crippen MR) is 128 cm³/mol. The van der Waals surface area contributed by atoms with Crippen molar-refractivity contribution < 1.29 is 19.1 Å². The first kappa shape index (κ1) is 28.0. The highest BCUT2D eigenvalue weighted by Gasteiger charge is 2.49. The number of rotatable bonds is 5. The number of carbonyl (C=O) groups is 2. The molecular formula is C27H50O4. The lowest BCUT2D eigenvalue weighted by Crippen LogP contribution is -2.47. The topological polar surface area (TPSA) is 52.6 Å². The molecule has 2 fully saturated rings. The molecule has 4 atom stereocenters. The van der Waals surface area contributed by atoms with Crippen LogP contribution in [0.3, 0.4) is 0 Å². The Morgan fingerprint density at radius 1 is 0.774 bits per heavy atom. The first-order valence-electron chi connectivity index (χ1n) is 12.4. The van der Waals surface area contributed by atoms with Gasteiger partial charge in [0.2, 0.25) is 0 Å². The summed E-state index contributed by atoms with van der Waals surface area (Å²) < 4.78 is 10.7. The van der Waals surface area contributed by atoms with Crippen molar-refractivity contribution in [3.05, 3.63) is 0 Å². The standard InChI is InChI=1S/C14H26O2.C13H24O2/c1-6-12(15)16-10-14(5)11(2)8-7-9-13(14,3)4;1-10-7-6-8-12(3,4)13(10,5)9-15-11(2)14/h11H,6-10H2,1-5H3;10H,6-9H2,1-5H3. The van der Waals surface area contributed by atoms with Gasteiger partial charge in [-0.05, 0) is 35.5 Å². The van der Waals surface area contributed by atoms with Crippen molar-refractivity contribution in [2.75, 3.05) is 13.2 Å². The Labute approximate surface area is 192 Å². The Morgan fingerprint density at radius 2 is 1.16 bits per heavy atom. The second kappa shape index (κ2) is 10.7. The van der Waals surface area contributed by atoms with E-state index >= 15 is 0 Å². The first-order valence-corrected chi connectivity index (χ1v) is 12.4. The van der Waals surface area contributed by atoms with E-state index in [1.807, 2.05) is 6.92 Å². The van der Waals surface area contributed by atoms with Crippen LogP contribution in [0.4, 0.5) is 0 Å². The van der Waals surface area contributed by atoms with Crippen LogP contribution >= 0.6 is 0 Å². The van der Waals surface area contributed by atoms with Crippen LogP contribution in [0, 0.1) is 33.5 Å². The maximum absolute atomic E-state index is 11.3. The molecule has 0 spiro atoms. The Kier molecular flexibility index (Phi) is 9.66. The van der Waals surface area contributed by atoms with Gasteiger partial charge in [0.25, 0.3) is 0 Å². The summed E-state index contributed by atoms with van der Waals surface area (Å²) in [5.41, 5.74) is 0.770. The van der Waals surface area contributed by atoms with E-state index in [0.717, 1.165) is 0 Å². The molecule has 0 N–H and O–H groups in total. The van der Waals surface area contributed by atoms with Crippen LogP contribution < -0.4 is 0 Å². The van der Waals surface area contributed by atoms with Gasteiger partial charge in [-0.2, -0.15) is 0 Å². The smallest absolute Gasteiger partial charge is 0.305 e. The molecule has 0 saturated heterocycles. The molecular weight excluding hydrogens is 388 g/mol. The highest BCUT2D eigenvalue weighted by atomic mass is 16.5. The molecule has 2 rings (SSSR count). The van der Waals surface area contributed by atoms with Crippen molar-refractivity contribution in [1.29, 1.82) is 0 Å². The third-order valence-corrected chi connectivity index (χ3v) is 9.54. The average molecular weight is 439 g/mol. The Morgan fingerprint density at radius 3 is 1.48 bits per heavy atom. The number of hydrogen-bond acceptors (Lipinski definition) is 4. The van der Waals surface area contributed by atoms with Gasteiger partial charge in [0.05, 0.1) is 13.2 Å². The summed E-state index contributed by atoms with van der Waals surface area (Å²) in [6.07, 6.45) is 8.04. The van der Waals surface area contributed by atoms with Gasteiger partial charge < -0.3 is 9.47 Å². The first-order chi connectivity index (χ1) is 14.1. The summed E-state index contributed by atoms with van der Waals surface area (Å²) in [7, 11) is 0. The van der Waals surface area contributed by atoms with Gasteiger partial charge in [-0.25, -0.2) is 0 Å². The van der Waals surface area contributed by atoms with Crippen molar-refractivity contribution in [2.45, 2.75) is 114 Å². The zero-order chi connectivity index (χ0) is 24.1. The number of carbonyl (C=O) groups excluding carboxylic acids is 2. The van der Waals surface area contributed by atoms with Crippen LogP contribution in [0.1, 0.15) is 114 Å². The van der Waals surface area contributed by atoms with E-state index in [9.17, 15) is 9.59 Å². The molecule has 2 aliphatic rings. The van der Waals surface area contributed by atoms with Crippen LogP contribution in [0.2, 0.25) is 0 Å². The van der Waals surface area contributed by atoms with Gasteiger partial charge in [-0.1, -0.05) is 88.0 Å². The minimum Gasteiger partial charge on any atom is -0.465 e. The molecule has 182 valence electrons. The quantitative estimate of drug-likeness (QED) is 0.426. The monoisotopic (exact) mass is 438 g/mol. The highest BCUT2D eigenvalue weighted by molar-refractivity contribution is 5.68. The van der Waals surface area contributed by atoms with Crippen LogP contribution in [-0.2, 0) is 19.1 Å². The third kappa shape index (κ3) is 6.48. The lowest BCUT2D eigenvalue weighted by atomic mass is 9.54. The Balaban J connectivity index is 0.000000311. The Hall–Kier alpha value is -1.06. The summed E-state index contributed by atoms with van der Waals surface area (Å²) in [5.74, 6) is 1.01. The van der Waals surface area contributed by atoms with Crippen molar-refractivity contribution >= 4 is 11.9 Å². The van der Waals surface area contributed by atoms with E-state index in [1.165, 1.54) is 45.4 Å². The fraction of sp³-hybridized carbons (Fsp3) is 0.926. The molecule has 0 amide bonds. The second-order valence-corrected chi connectivity index (χ2v) is 12.0. The fourth-order valence-corrected chi connectivity index (χ4v) is 5.50. The molecule has 0 aromatic carbocycles. The molecule has 0 aromatic rings. The lowest BCUT2D eigenvalue weighted by molar-refractivity contribution is -0.155. The van der Waals surface area contributed by atoms with Gasteiger partial charge in [0.1, 0.15) is 0 Å². The fourth-order valence-electron chi connectivity index (χ4n) is 5.50. The van der Waals surface area contributed by atoms with Crippen molar-refractivity contribution in [3.8, 4) is 0 Å². The van der Waals surface area contributed by atoms with Crippen LogP contribution in [0.5, 0.6) is 0 Å². The number of hydrogen-bond donors (Lipinski definition) is 0. The average Bonchev–Trinajstić information content (AvgIpc) is 2.67. The van der Waals surface area contributed by atoms with Gasteiger partial charge in [0.15, 0.2) is 0 Å². The SMILES string of the molecule is CC(=O)OCC1(C)C(C)CCCC1(C)C.CCC(=O)OCC1(C)C(C)CCCC1(C)C. The van der Waals surface area contributed by atoms with Crippen LogP contribution in [-0.4, -0.2) is 25.2 Å². The molecule has 2 aliphatic carbocycles. The second-order valence-electron chi connectivity index (χ2n) is 12.0. The van der Waals surface area contributed by atoms with E-state index in [0.29, 0.717) is 31.5 Å². The predicted octanol–water partition coefficient (Wildman–Crippen LogP) is 7.19. The molecule has 0 aromatic heterocycles. The maximum atomic E-state index is 11.3. The molecule has 0 aliphatic heterocycles. The van der Waals surface area contributed by atoms with Gasteiger partial charge in [-0.15, -0.1) is 0 Å². The molecule has 4 nitrogen and oxygen atoms in total. The molecule has 31 heavy (non-hydrogen) atoms. The summed E-state index contributed by atoms with van der Waals surface area (Å²) in [5, 5.41) is 0. The minimum atomic E-state index is -0.162. The third-order valence-electron chi connectivity index (χ3n) is 9.54. The van der Waals surface area contributed by atoms with E-state index in [1.54, 1.807) is 0 Å². The van der Waals surface area contributed by atoms with Crippen molar-refractivity contribution in [3.63, 3.8) is 0 Å². The molecule has 2 saturated carbocycles. The summed E-state index contributed by atoms with van der Waals surface area (Å²) >= 11 is 0. The minimum absolute atomic E-state index is 0.0743. The number of ether oxygens (including phenoxy) is 2. The van der Waals surface area contributed by atoms with Crippen LogP contribution in [0.25, 0.3) is 0 Å². The maximum Gasteiger partial charge on any atom is 0.305 e. The molecule has 0 radical (unpaired) electrons. The van der Waals surface area contributed by atoms with Crippen molar-refractivity contribution in [2.24, 2.45) is 33.5 Å². The van der Waals surface area contributed by atoms with Crippen molar-refractivity contribution in [1.82, 2.24) is 0 Å². The molecule has 4 heteroatoms. The van der Waals surface area contributed by atoms with Gasteiger partial charge in [-0.3, -0.25) is 9.59 Å². The normalized spacial score (nSPS) is 34.1. The van der Waals surface area contributed by atoms with E-state index < -0.39 is 0 Å². The zero-order valence-corrected chi connectivity index (χ0v) is 22.2. The largest absolute Gasteiger partial charge is 0.465 e. The number of esters is 2. The molecule has 0 heterocycles. The summed E-state index contributed by atoms with van der Waals surface area (Å²) in [4.78, 5) is 22.2. The van der Waals surface area contributed by atoms with Gasteiger partial charge in [0, 0.05) is 24.2 Å².